The van der Waals surface area contributed by atoms with Gasteiger partial charge in [-0.05, 0) is 35.4 Å². The number of benzene rings is 3. The van der Waals surface area contributed by atoms with Gasteiger partial charge in [-0.2, -0.15) is 9.78 Å². The maximum atomic E-state index is 13.2. The molecular formula is C27H22N6O3. The van der Waals surface area contributed by atoms with Crippen LogP contribution in [0.2, 0.25) is 0 Å². The summed E-state index contributed by atoms with van der Waals surface area (Å²) in [7, 11) is 1.33. The van der Waals surface area contributed by atoms with Gasteiger partial charge in [0.05, 0.1) is 29.9 Å². The number of anilines is 1. The van der Waals surface area contributed by atoms with E-state index in [9.17, 15) is 9.59 Å². The number of esters is 1. The third-order valence-corrected chi connectivity index (χ3v) is 5.65. The largest absolute Gasteiger partial charge is 0.465 e. The van der Waals surface area contributed by atoms with Crippen LogP contribution in [0.3, 0.4) is 0 Å². The van der Waals surface area contributed by atoms with Crippen molar-refractivity contribution in [2.45, 2.75) is 6.54 Å². The smallest absolute Gasteiger partial charge is 0.337 e. The van der Waals surface area contributed by atoms with E-state index in [1.165, 1.54) is 11.8 Å². The molecule has 1 amide bonds. The van der Waals surface area contributed by atoms with Crippen LogP contribution in [0.5, 0.6) is 0 Å². The van der Waals surface area contributed by atoms with Gasteiger partial charge in [-0.25, -0.2) is 14.8 Å². The molecule has 2 heterocycles. The summed E-state index contributed by atoms with van der Waals surface area (Å²) < 4.78 is 6.13. The molecule has 0 fully saturated rings. The van der Waals surface area contributed by atoms with Gasteiger partial charge >= 0.3 is 5.97 Å². The normalized spacial score (nSPS) is 11.2. The maximum absolute atomic E-state index is 13.2. The highest BCUT2D eigenvalue weighted by molar-refractivity contribution is 6.10. The minimum absolute atomic E-state index is 0.119. The molecule has 0 saturated heterocycles. The molecule has 178 valence electrons. The number of para-hydroxylation sites is 2. The summed E-state index contributed by atoms with van der Waals surface area (Å²) in [6.45, 7) is 0.336. The molecule has 36 heavy (non-hydrogen) atoms. The second kappa shape index (κ2) is 9.67. The van der Waals surface area contributed by atoms with Crippen LogP contribution < -0.4 is 11.1 Å². The average Bonchev–Trinajstić information content (AvgIpc) is 3.19. The third kappa shape index (κ3) is 4.37. The lowest BCUT2D eigenvalue weighted by Crippen LogP contribution is -2.23. The Morgan fingerprint density at radius 3 is 2.33 bits per heavy atom. The number of nitrogens with two attached hydrogens (primary N) is 1. The molecule has 0 bridgehead atoms. The second-order valence-electron chi connectivity index (χ2n) is 7.98. The lowest BCUT2D eigenvalue weighted by Gasteiger charge is -2.05. The highest BCUT2D eigenvalue weighted by Crippen LogP contribution is 2.28. The molecule has 0 radical (unpaired) electrons. The SMILES string of the molecule is COC(=O)c1ccc(C=Nn2c(N)c(C(=O)NCc3ccccc3)c3nc4ccccc4nc32)cc1. The van der Waals surface area contributed by atoms with Crippen molar-refractivity contribution in [3.63, 3.8) is 0 Å². The molecule has 0 aliphatic carbocycles. The lowest BCUT2D eigenvalue weighted by molar-refractivity contribution is 0.0600. The molecule has 0 aliphatic rings. The zero-order valence-corrected chi connectivity index (χ0v) is 19.4. The number of aromatic nitrogens is 3. The average molecular weight is 479 g/mol. The van der Waals surface area contributed by atoms with Crippen LogP contribution in [-0.4, -0.2) is 39.8 Å². The first-order valence-electron chi connectivity index (χ1n) is 11.2. The summed E-state index contributed by atoms with van der Waals surface area (Å²) in [6, 6.07) is 23.7. The Bertz CT molecular complexity index is 1610. The number of hydrogen-bond acceptors (Lipinski definition) is 7. The fourth-order valence-corrected chi connectivity index (χ4v) is 3.80. The van der Waals surface area contributed by atoms with E-state index in [1.54, 1.807) is 30.5 Å². The number of amides is 1. The molecule has 0 aliphatic heterocycles. The minimum Gasteiger partial charge on any atom is -0.465 e. The van der Waals surface area contributed by atoms with Crippen LogP contribution in [0.15, 0.2) is 84.0 Å². The molecule has 0 unspecified atom stereocenters. The number of fused-ring (bicyclic) bond motifs is 2. The number of carbonyl (C=O) groups is 2. The summed E-state index contributed by atoms with van der Waals surface area (Å²) in [5.74, 6) is -0.678. The lowest BCUT2D eigenvalue weighted by atomic mass is 10.1. The number of nitrogen functional groups attached to an aromatic ring is 1. The summed E-state index contributed by atoms with van der Waals surface area (Å²) in [6.07, 6.45) is 1.57. The van der Waals surface area contributed by atoms with Gasteiger partial charge in [0.25, 0.3) is 5.91 Å². The Labute approximate surface area is 206 Å². The van der Waals surface area contributed by atoms with E-state index in [1.807, 2.05) is 54.6 Å². The maximum Gasteiger partial charge on any atom is 0.337 e. The first-order chi connectivity index (χ1) is 17.5. The summed E-state index contributed by atoms with van der Waals surface area (Å²) >= 11 is 0. The number of methoxy groups -OCH3 is 1. The predicted molar refractivity (Wildman–Crippen MR) is 138 cm³/mol. The Morgan fingerprint density at radius 2 is 1.64 bits per heavy atom. The Morgan fingerprint density at radius 1 is 0.972 bits per heavy atom. The van der Waals surface area contributed by atoms with Crippen LogP contribution in [-0.2, 0) is 11.3 Å². The minimum atomic E-state index is -0.424. The first kappa shape index (κ1) is 22.7. The van der Waals surface area contributed by atoms with Crippen molar-refractivity contribution in [1.82, 2.24) is 20.0 Å². The van der Waals surface area contributed by atoms with Gasteiger partial charge in [0.2, 0.25) is 0 Å². The van der Waals surface area contributed by atoms with Crippen molar-refractivity contribution >= 4 is 46.1 Å². The van der Waals surface area contributed by atoms with E-state index in [4.69, 9.17) is 10.5 Å². The van der Waals surface area contributed by atoms with E-state index >= 15 is 0 Å². The van der Waals surface area contributed by atoms with Gasteiger partial charge in [0.15, 0.2) is 5.65 Å². The molecule has 5 rings (SSSR count). The van der Waals surface area contributed by atoms with Gasteiger partial charge in [-0.1, -0.05) is 54.6 Å². The number of hydrogen-bond donors (Lipinski definition) is 2. The molecule has 9 heteroatoms. The topological polar surface area (TPSA) is 124 Å². The summed E-state index contributed by atoms with van der Waals surface area (Å²) in [5.41, 5.74) is 10.8. The van der Waals surface area contributed by atoms with Crippen molar-refractivity contribution in [3.05, 3.63) is 101 Å². The van der Waals surface area contributed by atoms with Gasteiger partial charge in [-0.15, -0.1) is 0 Å². The fourth-order valence-electron chi connectivity index (χ4n) is 3.80. The molecule has 9 nitrogen and oxygen atoms in total. The molecule has 5 aromatic rings. The standard InChI is InChI=1S/C27H22N6O3/c1-36-27(35)19-13-11-18(12-14-19)16-30-33-24(28)22(26(34)29-15-17-7-3-2-4-8-17)23-25(33)32-21-10-6-5-9-20(21)31-23/h2-14,16H,15,28H2,1H3,(H,29,34). The molecule has 0 atom stereocenters. The zero-order chi connectivity index (χ0) is 25.1. The van der Waals surface area contributed by atoms with Crippen LogP contribution >= 0.6 is 0 Å². The van der Waals surface area contributed by atoms with Crippen molar-refractivity contribution < 1.29 is 14.3 Å². The number of nitrogens with zero attached hydrogens (tertiary/aromatic N) is 4. The van der Waals surface area contributed by atoms with Crippen molar-refractivity contribution in [1.29, 1.82) is 0 Å². The van der Waals surface area contributed by atoms with E-state index in [0.29, 0.717) is 39.9 Å². The Hall–Kier alpha value is -5.05. The molecular weight excluding hydrogens is 456 g/mol. The van der Waals surface area contributed by atoms with Gasteiger partial charge in [0.1, 0.15) is 16.9 Å². The third-order valence-electron chi connectivity index (χ3n) is 5.65. The second-order valence-corrected chi connectivity index (χ2v) is 7.98. The van der Waals surface area contributed by atoms with E-state index < -0.39 is 5.97 Å². The fraction of sp³-hybridized carbons (Fsp3) is 0.0741. The Kier molecular flexibility index (Phi) is 6.10. The number of nitrogens with one attached hydrogen (secondary N) is 1. The quantitative estimate of drug-likeness (QED) is 0.283. The van der Waals surface area contributed by atoms with E-state index in [-0.39, 0.29) is 17.3 Å². The molecule has 0 spiro atoms. The molecule has 3 aromatic carbocycles. The molecule has 2 aromatic heterocycles. The number of rotatable bonds is 6. The molecule has 3 N–H and O–H groups in total. The number of ether oxygens (including phenoxy) is 1. The van der Waals surface area contributed by atoms with Crippen molar-refractivity contribution in [2.75, 3.05) is 12.8 Å². The zero-order valence-electron chi connectivity index (χ0n) is 19.4. The summed E-state index contributed by atoms with van der Waals surface area (Å²) in [5, 5.41) is 7.41. The van der Waals surface area contributed by atoms with Gasteiger partial charge in [0, 0.05) is 6.54 Å². The Balaban J connectivity index is 1.55. The van der Waals surface area contributed by atoms with E-state index in [2.05, 4.69) is 20.4 Å². The van der Waals surface area contributed by atoms with Gasteiger partial charge in [-0.3, -0.25) is 4.79 Å². The number of carbonyl (C=O) groups excluding carboxylic acids is 2. The van der Waals surface area contributed by atoms with E-state index in [0.717, 1.165) is 5.56 Å². The van der Waals surface area contributed by atoms with Crippen LogP contribution in [0, 0.1) is 0 Å². The molecule has 0 saturated carbocycles. The van der Waals surface area contributed by atoms with Crippen LogP contribution in [0.1, 0.15) is 31.8 Å². The highest BCUT2D eigenvalue weighted by atomic mass is 16.5. The highest BCUT2D eigenvalue weighted by Gasteiger charge is 2.24. The van der Waals surface area contributed by atoms with Crippen molar-refractivity contribution in [3.8, 4) is 0 Å². The predicted octanol–water partition coefficient (Wildman–Crippen LogP) is 3.77. The monoisotopic (exact) mass is 478 g/mol. The summed E-state index contributed by atoms with van der Waals surface area (Å²) in [4.78, 5) is 34.3. The van der Waals surface area contributed by atoms with Crippen LogP contribution in [0.25, 0.3) is 22.2 Å². The first-order valence-corrected chi connectivity index (χ1v) is 11.2. The van der Waals surface area contributed by atoms with Crippen molar-refractivity contribution in [2.24, 2.45) is 5.10 Å². The van der Waals surface area contributed by atoms with Crippen LogP contribution in [0.4, 0.5) is 5.82 Å². The van der Waals surface area contributed by atoms with Gasteiger partial charge < -0.3 is 15.8 Å².